The van der Waals surface area contributed by atoms with Crippen LogP contribution < -0.4 is 14.8 Å². The Bertz CT molecular complexity index is 472. The van der Waals surface area contributed by atoms with Gasteiger partial charge in [0.15, 0.2) is 11.5 Å². The van der Waals surface area contributed by atoms with Gasteiger partial charge in [-0.2, -0.15) is 0 Å². The second kappa shape index (κ2) is 6.67. The van der Waals surface area contributed by atoms with E-state index >= 15 is 0 Å². The molecule has 0 bridgehead atoms. The number of nitrogens with one attached hydrogen (secondary N) is 1. The summed E-state index contributed by atoms with van der Waals surface area (Å²) in [5, 5.41) is 3.47. The maximum atomic E-state index is 6.13. The topological polar surface area (TPSA) is 33.7 Å². The first-order valence-corrected chi connectivity index (χ1v) is 8.00. The van der Waals surface area contributed by atoms with Crippen LogP contribution in [0.25, 0.3) is 0 Å². The highest BCUT2D eigenvalue weighted by atomic mass is 16.5. The van der Waals surface area contributed by atoms with Crippen molar-refractivity contribution in [1.82, 2.24) is 10.2 Å². The van der Waals surface area contributed by atoms with E-state index in [2.05, 4.69) is 35.5 Å². The molecule has 4 nitrogen and oxygen atoms in total. The molecule has 0 aliphatic carbocycles. The number of benzene rings is 1. The molecule has 2 heterocycles. The van der Waals surface area contributed by atoms with Gasteiger partial charge in [0.1, 0.15) is 6.10 Å². The van der Waals surface area contributed by atoms with Gasteiger partial charge in [0, 0.05) is 19.6 Å². The van der Waals surface area contributed by atoms with Crippen LogP contribution in [-0.2, 0) is 0 Å². The number of hydrogen-bond donors (Lipinski definition) is 1. The lowest BCUT2D eigenvalue weighted by Gasteiger charge is -2.24. The molecule has 2 aliphatic rings. The summed E-state index contributed by atoms with van der Waals surface area (Å²) < 4.78 is 11.7. The summed E-state index contributed by atoms with van der Waals surface area (Å²) in [6, 6.07) is 6.45. The van der Waals surface area contributed by atoms with Crippen LogP contribution in [0.1, 0.15) is 30.7 Å². The Balaban J connectivity index is 1.72. The van der Waals surface area contributed by atoms with Crippen LogP contribution in [0.4, 0.5) is 0 Å². The molecule has 2 aliphatic heterocycles. The summed E-state index contributed by atoms with van der Waals surface area (Å²) in [6.07, 6.45) is 3.88. The fourth-order valence-corrected chi connectivity index (χ4v) is 3.34. The average molecular weight is 290 g/mol. The number of methoxy groups -OCH3 is 1. The van der Waals surface area contributed by atoms with Crippen molar-refractivity contribution in [3.63, 3.8) is 0 Å². The van der Waals surface area contributed by atoms with Crippen LogP contribution in [-0.4, -0.2) is 51.3 Å². The predicted molar refractivity (Wildman–Crippen MR) is 84.4 cm³/mol. The van der Waals surface area contributed by atoms with Crippen molar-refractivity contribution >= 4 is 0 Å². The van der Waals surface area contributed by atoms with E-state index in [-0.39, 0.29) is 6.10 Å². The normalized spacial score (nSPS) is 26.8. The Labute approximate surface area is 127 Å². The maximum Gasteiger partial charge on any atom is 0.161 e. The second-order valence-corrected chi connectivity index (χ2v) is 6.24. The molecule has 2 saturated heterocycles. The van der Waals surface area contributed by atoms with Gasteiger partial charge in [-0.1, -0.05) is 6.07 Å². The summed E-state index contributed by atoms with van der Waals surface area (Å²) in [5.74, 6) is 2.34. The fraction of sp³-hybridized carbons (Fsp3) is 0.647. The Kier molecular flexibility index (Phi) is 4.66. The second-order valence-electron chi connectivity index (χ2n) is 6.24. The minimum Gasteiger partial charge on any atom is -0.493 e. The summed E-state index contributed by atoms with van der Waals surface area (Å²) in [4.78, 5) is 2.30. The molecule has 116 valence electrons. The van der Waals surface area contributed by atoms with Gasteiger partial charge in [0.05, 0.1) is 7.11 Å². The van der Waals surface area contributed by atoms with Crippen molar-refractivity contribution in [2.24, 2.45) is 0 Å². The number of nitrogens with zero attached hydrogens (tertiary/aromatic N) is 1. The molecular formula is C17H26N2O2. The Morgan fingerprint density at radius 2 is 2.14 bits per heavy atom. The van der Waals surface area contributed by atoms with Crippen molar-refractivity contribution in [2.45, 2.75) is 31.3 Å². The van der Waals surface area contributed by atoms with Gasteiger partial charge in [-0.3, -0.25) is 0 Å². The number of likely N-dealkylation sites (N-methyl/N-ethyl adjacent to an activating group) is 1. The molecule has 2 fully saturated rings. The summed E-state index contributed by atoms with van der Waals surface area (Å²) in [6.45, 7) is 4.32. The zero-order valence-electron chi connectivity index (χ0n) is 13.1. The summed E-state index contributed by atoms with van der Waals surface area (Å²) in [7, 11) is 3.87. The third-order valence-corrected chi connectivity index (χ3v) is 4.60. The molecule has 3 rings (SSSR count). The quantitative estimate of drug-likeness (QED) is 0.922. The number of likely N-dealkylation sites (tertiary alicyclic amines) is 1. The van der Waals surface area contributed by atoms with E-state index in [4.69, 9.17) is 9.47 Å². The number of piperidine rings is 1. The van der Waals surface area contributed by atoms with Crippen molar-refractivity contribution in [2.75, 3.05) is 40.3 Å². The van der Waals surface area contributed by atoms with E-state index in [1.54, 1.807) is 7.11 Å². The van der Waals surface area contributed by atoms with Crippen molar-refractivity contribution in [1.29, 1.82) is 0 Å². The molecule has 21 heavy (non-hydrogen) atoms. The standard InChI is InChI=1S/C17H26N2O2/c1-19-9-7-15(12-19)21-16-6-5-13(10-17(16)20-2)14-4-3-8-18-11-14/h5-6,10,14-15,18H,3-4,7-9,11-12H2,1-2H3. The van der Waals surface area contributed by atoms with Gasteiger partial charge in [-0.25, -0.2) is 0 Å². The Hall–Kier alpha value is -1.26. The zero-order chi connectivity index (χ0) is 14.7. The van der Waals surface area contributed by atoms with E-state index in [1.807, 2.05) is 0 Å². The van der Waals surface area contributed by atoms with Crippen LogP contribution >= 0.6 is 0 Å². The van der Waals surface area contributed by atoms with Crippen LogP contribution in [0, 0.1) is 0 Å². The number of rotatable bonds is 4. The van der Waals surface area contributed by atoms with Crippen LogP contribution in [0.3, 0.4) is 0 Å². The van der Waals surface area contributed by atoms with Gasteiger partial charge in [-0.15, -0.1) is 0 Å². The van der Waals surface area contributed by atoms with Crippen LogP contribution in [0.15, 0.2) is 18.2 Å². The van der Waals surface area contributed by atoms with Gasteiger partial charge in [-0.05, 0) is 56.5 Å². The molecule has 0 radical (unpaired) electrons. The Morgan fingerprint density at radius 3 is 2.81 bits per heavy atom. The van der Waals surface area contributed by atoms with Crippen LogP contribution in [0.5, 0.6) is 11.5 Å². The largest absolute Gasteiger partial charge is 0.493 e. The monoisotopic (exact) mass is 290 g/mol. The highest BCUT2D eigenvalue weighted by molar-refractivity contribution is 5.44. The van der Waals surface area contributed by atoms with Crippen LogP contribution in [0.2, 0.25) is 0 Å². The van der Waals surface area contributed by atoms with E-state index in [0.29, 0.717) is 5.92 Å². The first kappa shape index (κ1) is 14.7. The van der Waals surface area contributed by atoms with Crippen molar-refractivity contribution in [3.8, 4) is 11.5 Å². The number of ether oxygens (including phenoxy) is 2. The van der Waals surface area contributed by atoms with Gasteiger partial charge in [0.2, 0.25) is 0 Å². The lowest BCUT2D eigenvalue weighted by Crippen LogP contribution is -2.28. The molecular weight excluding hydrogens is 264 g/mol. The molecule has 0 aromatic heterocycles. The van der Waals surface area contributed by atoms with Crippen molar-refractivity contribution < 1.29 is 9.47 Å². The molecule has 0 spiro atoms. The minimum atomic E-state index is 0.283. The van der Waals surface area contributed by atoms with Crippen molar-refractivity contribution in [3.05, 3.63) is 23.8 Å². The van der Waals surface area contributed by atoms with E-state index in [1.165, 1.54) is 18.4 Å². The minimum absolute atomic E-state index is 0.283. The molecule has 0 amide bonds. The summed E-state index contributed by atoms with van der Waals surface area (Å²) >= 11 is 0. The fourth-order valence-electron chi connectivity index (χ4n) is 3.34. The van der Waals surface area contributed by atoms with Gasteiger partial charge in [0.25, 0.3) is 0 Å². The first-order valence-electron chi connectivity index (χ1n) is 8.00. The molecule has 2 atom stereocenters. The highest BCUT2D eigenvalue weighted by Crippen LogP contribution is 2.34. The lowest BCUT2D eigenvalue weighted by atomic mass is 9.91. The van der Waals surface area contributed by atoms with E-state index in [0.717, 1.165) is 44.1 Å². The van der Waals surface area contributed by atoms with Gasteiger partial charge >= 0.3 is 0 Å². The smallest absolute Gasteiger partial charge is 0.161 e. The number of hydrogen-bond acceptors (Lipinski definition) is 4. The zero-order valence-corrected chi connectivity index (χ0v) is 13.1. The van der Waals surface area contributed by atoms with E-state index < -0.39 is 0 Å². The Morgan fingerprint density at radius 1 is 1.24 bits per heavy atom. The average Bonchev–Trinajstić information content (AvgIpc) is 2.94. The maximum absolute atomic E-state index is 6.13. The van der Waals surface area contributed by atoms with E-state index in [9.17, 15) is 0 Å². The molecule has 1 aromatic rings. The lowest BCUT2D eigenvalue weighted by molar-refractivity contribution is 0.199. The molecule has 4 heteroatoms. The third kappa shape index (κ3) is 3.50. The molecule has 0 saturated carbocycles. The molecule has 1 N–H and O–H groups in total. The predicted octanol–water partition coefficient (Wildman–Crippen LogP) is 2.25. The van der Waals surface area contributed by atoms with Gasteiger partial charge < -0.3 is 19.7 Å². The third-order valence-electron chi connectivity index (χ3n) is 4.60. The summed E-state index contributed by atoms with van der Waals surface area (Å²) in [5.41, 5.74) is 1.36. The molecule has 1 aromatic carbocycles. The molecule has 2 unspecified atom stereocenters. The SMILES string of the molecule is COc1cc(C2CCCNC2)ccc1OC1CCN(C)C1. The first-order chi connectivity index (χ1) is 10.3. The highest BCUT2D eigenvalue weighted by Gasteiger charge is 2.23.